The predicted molar refractivity (Wildman–Crippen MR) is 49.7 cm³/mol. The third-order valence-corrected chi connectivity index (χ3v) is 1.49. The Balaban J connectivity index is 2.45. The molecule has 0 aliphatic heterocycles. The van der Waals surface area contributed by atoms with Gasteiger partial charge in [-0.1, -0.05) is 28.9 Å². The van der Waals surface area contributed by atoms with Crippen LogP contribution in [0, 0.1) is 6.92 Å². The molecule has 0 fully saturated rings. The smallest absolute Gasteiger partial charge is 0.386 e. The second-order valence-electron chi connectivity index (χ2n) is 2.96. The molecule has 0 heterocycles. The quantitative estimate of drug-likeness (QED) is 0.562. The molecular weight excluding hydrogens is 207 g/mol. The minimum Gasteiger partial charge on any atom is -0.386 e. The summed E-state index contributed by atoms with van der Waals surface area (Å²) in [5, 5.41) is 3.10. The minimum atomic E-state index is -4.36. The second kappa shape index (κ2) is 4.82. The molecule has 2 nitrogen and oxygen atoms in total. The van der Waals surface area contributed by atoms with Crippen LogP contribution in [0.2, 0.25) is 0 Å². The summed E-state index contributed by atoms with van der Waals surface area (Å²) in [6.45, 7) is 0.466. The molecule has 0 aliphatic carbocycles. The molecule has 0 atom stereocenters. The van der Waals surface area contributed by atoms with Crippen LogP contribution in [0.15, 0.2) is 29.4 Å². The van der Waals surface area contributed by atoms with Gasteiger partial charge in [0.25, 0.3) is 0 Å². The maximum Gasteiger partial charge on any atom is 0.425 e. The third-order valence-electron chi connectivity index (χ3n) is 1.49. The van der Waals surface area contributed by atoms with Crippen molar-refractivity contribution < 1.29 is 18.0 Å². The number of rotatable bonds is 3. The van der Waals surface area contributed by atoms with Gasteiger partial charge in [0, 0.05) is 5.56 Å². The average molecular weight is 216 g/mol. The summed E-state index contributed by atoms with van der Waals surface area (Å²) in [6.07, 6.45) is -2.00. The molecule has 0 saturated carbocycles. The molecule has 1 aromatic rings. The summed E-state index contributed by atoms with van der Waals surface area (Å²) in [6, 6.07) is 7.03. The van der Waals surface area contributed by atoms with E-state index < -0.39 is 12.8 Å². The van der Waals surface area contributed by atoms with Crippen molar-refractivity contribution in [1.29, 1.82) is 0 Å². The molecule has 0 spiro atoms. The lowest BCUT2D eigenvalue weighted by Gasteiger charge is -2.02. The van der Waals surface area contributed by atoms with E-state index in [9.17, 15) is 13.2 Å². The summed E-state index contributed by atoms with van der Waals surface area (Å²) in [4.78, 5) is 4.03. The first-order valence-electron chi connectivity index (χ1n) is 4.19. The van der Waals surface area contributed by atoms with Crippen LogP contribution in [-0.2, 0) is 4.84 Å². The molecule has 0 saturated heterocycles. The van der Waals surface area contributed by atoms with Gasteiger partial charge in [0.15, 0.2) is 0 Å². The zero-order chi connectivity index (χ0) is 11.3. The third kappa shape index (κ3) is 5.05. The van der Waals surface area contributed by atoms with E-state index in [0.717, 1.165) is 5.56 Å². The maximum atomic E-state index is 11.6. The summed E-state index contributed by atoms with van der Waals surface area (Å²) in [5.41, 5.74) is 1.56. The summed E-state index contributed by atoms with van der Waals surface area (Å²) in [7, 11) is 0. The first-order valence-corrected chi connectivity index (χ1v) is 4.19. The fourth-order valence-electron chi connectivity index (χ4n) is 0.905. The van der Waals surface area contributed by atoms with Gasteiger partial charge in [0.1, 0.15) is 6.21 Å². The number of aryl methyl sites for hydroxylation is 1. The molecule has 0 unspecified atom stereocenters. The van der Waals surface area contributed by atoms with Crippen LogP contribution in [0.25, 0.3) is 0 Å². The normalized spacial score (nSPS) is 12.0. The lowest BCUT2D eigenvalue weighted by atomic mass is 10.2. The Labute approximate surface area is 85.4 Å². The van der Waals surface area contributed by atoms with Gasteiger partial charge in [0.2, 0.25) is 6.61 Å². The van der Waals surface area contributed by atoms with E-state index in [4.69, 9.17) is 0 Å². The van der Waals surface area contributed by atoms with Gasteiger partial charge < -0.3 is 4.84 Å². The molecule has 0 aliphatic rings. The Bertz CT molecular complexity index is 347. The molecule has 1 aromatic carbocycles. The van der Waals surface area contributed by atoms with Crippen molar-refractivity contribution >= 4 is 6.21 Å². The van der Waals surface area contributed by atoms with Gasteiger partial charge in [-0.15, -0.1) is 0 Å². The molecule has 1 radical (unpaired) electrons. The Morgan fingerprint density at radius 3 is 2.73 bits per heavy atom. The predicted octanol–water partition coefficient (Wildman–Crippen LogP) is 2.78. The lowest BCUT2D eigenvalue weighted by molar-refractivity contribution is -0.173. The molecule has 0 aromatic heterocycles. The highest BCUT2D eigenvalue weighted by atomic mass is 19.4. The van der Waals surface area contributed by atoms with E-state index in [1.807, 2.05) is 13.0 Å². The van der Waals surface area contributed by atoms with Crippen LogP contribution in [0.3, 0.4) is 0 Å². The van der Waals surface area contributed by atoms with E-state index in [1.165, 1.54) is 0 Å². The summed E-state index contributed by atoms with van der Waals surface area (Å²) < 4.78 is 34.9. The van der Waals surface area contributed by atoms with Crippen LogP contribution in [0.5, 0.6) is 0 Å². The largest absolute Gasteiger partial charge is 0.425 e. The van der Waals surface area contributed by atoms with Crippen molar-refractivity contribution in [2.24, 2.45) is 5.16 Å². The fraction of sp³-hybridized carbons (Fsp3) is 0.300. The van der Waals surface area contributed by atoms with Crippen LogP contribution >= 0.6 is 0 Å². The van der Waals surface area contributed by atoms with Crippen LogP contribution in [0.4, 0.5) is 13.2 Å². The Hall–Kier alpha value is -1.52. The van der Waals surface area contributed by atoms with E-state index in [0.29, 0.717) is 5.56 Å². The average Bonchev–Trinajstić information content (AvgIpc) is 2.11. The number of halogens is 3. The highest BCUT2D eigenvalue weighted by Crippen LogP contribution is 2.14. The van der Waals surface area contributed by atoms with Gasteiger partial charge in [0.05, 0.1) is 0 Å². The molecule has 1 rings (SSSR count). The zero-order valence-electron chi connectivity index (χ0n) is 8.01. The molecule has 5 heteroatoms. The fourth-order valence-corrected chi connectivity index (χ4v) is 0.905. The Morgan fingerprint density at radius 2 is 2.13 bits per heavy atom. The van der Waals surface area contributed by atoms with Gasteiger partial charge in [-0.2, -0.15) is 13.2 Å². The maximum absolute atomic E-state index is 11.6. The topological polar surface area (TPSA) is 21.6 Å². The van der Waals surface area contributed by atoms with E-state index in [-0.39, 0.29) is 0 Å². The van der Waals surface area contributed by atoms with Gasteiger partial charge in [-0.3, -0.25) is 0 Å². The van der Waals surface area contributed by atoms with E-state index >= 15 is 0 Å². The second-order valence-corrected chi connectivity index (χ2v) is 2.96. The van der Waals surface area contributed by atoms with Crippen LogP contribution in [0.1, 0.15) is 11.1 Å². The van der Waals surface area contributed by atoms with Crippen molar-refractivity contribution in [3.63, 3.8) is 0 Å². The molecule has 0 amide bonds. The molecule has 0 bridgehead atoms. The Morgan fingerprint density at radius 1 is 1.40 bits per heavy atom. The molecule has 0 N–H and O–H groups in total. The molecular formula is C10H9F3NO. The highest BCUT2D eigenvalue weighted by Gasteiger charge is 2.28. The van der Waals surface area contributed by atoms with Crippen molar-refractivity contribution in [3.05, 3.63) is 35.4 Å². The number of benzene rings is 1. The van der Waals surface area contributed by atoms with E-state index in [2.05, 4.69) is 16.2 Å². The van der Waals surface area contributed by atoms with Crippen molar-refractivity contribution in [2.45, 2.75) is 13.1 Å². The van der Waals surface area contributed by atoms with Crippen LogP contribution in [-0.4, -0.2) is 19.0 Å². The van der Waals surface area contributed by atoms with Gasteiger partial charge in [-0.05, 0) is 13.0 Å². The van der Waals surface area contributed by atoms with Crippen molar-refractivity contribution in [1.82, 2.24) is 0 Å². The standard InChI is InChI=1S/C10H9F3NO/c1-8-3-2-4-9(5-8)6-14-15-7-10(11,12)13/h2-5H,7H2,1H3. The number of nitrogens with zero attached hydrogens (tertiary/aromatic N) is 1. The molecule has 81 valence electrons. The number of hydrogen-bond acceptors (Lipinski definition) is 2. The van der Waals surface area contributed by atoms with Gasteiger partial charge in [-0.25, -0.2) is 0 Å². The van der Waals surface area contributed by atoms with Crippen molar-refractivity contribution in [2.75, 3.05) is 6.61 Å². The number of hydrogen-bond donors (Lipinski definition) is 0. The molecule has 15 heavy (non-hydrogen) atoms. The monoisotopic (exact) mass is 216 g/mol. The van der Waals surface area contributed by atoms with Crippen LogP contribution < -0.4 is 0 Å². The first-order chi connectivity index (χ1) is 6.97. The van der Waals surface area contributed by atoms with Gasteiger partial charge >= 0.3 is 6.18 Å². The number of alkyl halides is 3. The first kappa shape index (κ1) is 11.6. The van der Waals surface area contributed by atoms with Crippen molar-refractivity contribution in [3.8, 4) is 0 Å². The summed E-state index contributed by atoms with van der Waals surface area (Å²) in [5.74, 6) is 0. The SMILES string of the molecule is Cc1cccc(/[C]=N\OCC(F)(F)F)c1. The highest BCUT2D eigenvalue weighted by molar-refractivity contribution is 5.79. The lowest BCUT2D eigenvalue weighted by Crippen LogP contribution is -2.14. The minimum absolute atomic E-state index is 0.581. The zero-order valence-corrected chi connectivity index (χ0v) is 8.01. The summed E-state index contributed by atoms with van der Waals surface area (Å²) >= 11 is 0. The van der Waals surface area contributed by atoms with E-state index in [1.54, 1.807) is 18.2 Å². The Kier molecular flexibility index (Phi) is 3.71.